The molecule has 1 aliphatic rings. The zero-order valence-corrected chi connectivity index (χ0v) is 6.89. The lowest BCUT2D eigenvalue weighted by molar-refractivity contribution is 0.246. The van der Waals surface area contributed by atoms with E-state index < -0.39 is 0 Å². The van der Waals surface area contributed by atoms with Gasteiger partial charge in [0.2, 0.25) is 0 Å². The van der Waals surface area contributed by atoms with Crippen LogP contribution in [0.3, 0.4) is 0 Å². The van der Waals surface area contributed by atoms with Gasteiger partial charge in [0, 0.05) is 5.92 Å². The molecule has 0 aliphatic carbocycles. The topological polar surface area (TPSA) is 9.23 Å². The standard InChI is InChI=1S/C9H16O/c1-3-5-9-7-10-6-8(9)4-2/h7-8H,3-6H2,1-2H3. The normalized spacial score (nSPS) is 24.2. The smallest absolute Gasteiger partial charge is 0.0939 e. The first-order chi connectivity index (χ1) is 4.88. The number of ether oxygens (including phenoxy) is 1. The fourth-order valence-electron chi connectivity index (χ4n) is 1.41. The lowest BCUT2D eigenvalue weighted by Crippen LogP contribution is -2.01. The summed E-state index contributed by atoms with van der Waals surface area (Å²) >= 11 is 0. The third-order valence-electron chi connectivity index (χ3n) is 2.09. The van der Waals surface area contributed by atoms with Crippen LogP contribution in [0.2, 0.25) is 0 Å². The Morgan fingerprint density at radius 2 is 2.40 bits per heavy atom. The lowest BCUT2D eigenvalue weighted by atomic mass is 9.96. The monoisotopic (exact) mass is 140 g/mol. The van der Waals surface area contributed by atoms with Gasteiger partial charge >= 0.3 is 0 Å². The van der Waals surface area contributed by atoms with Gasteiger partial charge in [0.15, 0.2) is 0 Å². The first kappa shape index (κ1) is 7.64. The van der Waals surface area contributed by atoms with E-state index >= 15 is 0 Å². The maximum absolute atomic E-state index is 5.25. The summed E-state index contributed by atoms with van der Waals surface area (Å²) in [5, 5.41) is 0. The Kier molecular flexibility index (Phi) is 2.79. The lowest BCUT2D eigenvalue weighted by Gasteiger charge is -2.07. The van der Waals surface area contributed by atoms with Crippen molar-refractivity contribution in [2.75, 3.05) is 6.61 Å². The van der Waals surface area contributed by atoms with Crippen molar-refractivity contribution in [3.63, 3.8) is 0 Å². The minimum Gasteiger partial charge on any atom is -0.501 e. The van der Waals surface area contributed by atoms with E-state index in [-0.39, 0.29) is 0 Å². The second kappa shape index (κ2) is 3.65. The Morgan fingerprint density at radius 3 is 3.00 bits per heavy atom. The molecule has 0 amide bonds. The predicted octanol–water partition coefficient (Wildman–Crippen LogP) is 2.73. The van der Waals surface area contributed by atoms with Crippen LogP contribution in [0.25, 0.3) is 0 Å². The molecular weight excluding hydrogens is 124 g/mol. The van der Waals surface area contributed by atoms with Crippen molar-refractivity contribution in [1.82, 2.24) is 0 Å². The molecular formula is C9H16O. The van der Waals surface area contributed by atoms with E-state index in [1.165, 1.54) is 24.8 Å². The van der Waals surface area contributed by atoms with Gasteiger partial charge in [-0.15, -0.1) is 0 Å². The van der Waals surface area contributed by atoms with E-state index in [9.17, 15) is 0 Å². The Morgan fingerprint density at radius 1 is 1.60 bits per heavy atom. The van der Waals surface area contributed by atoms with Crippen molar-refractivity contribution in [2.24, 2.45) is 5.92 Å². The van der Waals surface area contributed by atoms with Gasteiger partial charge in [-0.05, 0) is 18.4 Å². The summed E-state index contributed by atoms with van der Waals surface area (Å²) in [6, 6.07) is 0. The SMILES string of the molecule is CCCC1=COCC1CC. The molecule has 58 valence electrons. The van der Waals surface area contributed by atoms with Crippen molar-refractivity contribution in [3.05, 3.63) is 11.8 Å². The molecule has 0 N–H and O–H groups in total. The quantitative estimate of drug-likeness (QED) is 0.585. The molecule has 0 radical (unpaired) electrons. The van der Waals surface area contributed by atoms with Crippen LogP contribution in [-0.4, -0.2) is 6.61 Å². The van der Waals surface area contributed by atoms with E-state index in [0.29, 0.717) is 0 Å². The zero-order chi connectivity index (χ0) is 7.40. The molecule has 0 aromatic heterocycles. The van der Waals surface area contributed by atoms with Crippen LogP contribution in [-0.2, 0) is 4.74 Å². The average molecular weight is 140 g/mol. The van der Waals surface area contributed by atoms with E-state index in [4.69, 9.17) is 4.74 Å². The largest absolute Gasteiger partial charge is 0.501 e. The van der Waals surface area contributed by atoms with Crippen molar-refractivity contribution in [1.29, 1.82) is 0 Å². The van der Waals surface area contributed by atoms with Crippen molar-refractivity contribution >= 4 is 0 Å². The van der Waals surface area contributed by atoms with Gasteiger partial charge in [-0.1, -0.05) is 20.3 Å². The molecule has 1 heteroatoms. The Hall–Kier alpha value is -0.460. The highest BCUT2D eigenvalue weighted by Gasteiger charge is 2.17. The Balaban J connectivity index is 2.40. The summed E-state index contributed by atoms with van der Waals surface area (Å²) in [5.74, 6) is 0.722. The molecule has 0 spiro atoms. The summed E-state index contributed by atoms with van der Waals surface area (Å²) in [5.41, 5.74) is 1.52. The molecule has 0 aromatic carbocycles. The van der Waals surface area contributed by atoms with Gasteiger partial charge < -0.3 is 4.74 Å². The van der Waals surface area contributed by atoms with Gasteiger partial charge in [-0.3, -0.25) is 0 Å². The van der Waals surface area contributed by atoms with Gasteiger partial charge in [0.25, 0.3) is 0 Å². The minimum absolute atomic E-state index is 0.722. The van der Waals surface area contributed by atoms with Gasteiger partial charge in [0.1, 0.15) is 0 Å². The first-order valence-electron chi connectivity index (χ1n) is 4.19. The number of hydrogen-bond donors (Lipinski definition) is 0. The van der Waals surface area contributed by atoms with E-state index in [0.717, 1.165) is 12.5 Å². The Labute approximate surface area is 63.1 Å². The van der Waals surface area contributed by atoms with Crippen LogP contribution in [0.15, 0.2) is 11.8 Å². The van der Waals surface area contributed by atoms with E-state index in [1.807, 2.05) is 6.26 Å². The van der Waals surface area contributed by atoms with Gasteiger partial charge in [-0.2, -0.15) is 0 Å². The first-order valence-corrected chi connectivity index (χ1v) is 4.19. The summed E-state index contributed by atoms with van der Waals surface area (Å²) in [6.07, 6.45) is 5.65. The fraction of sp³-hybridized carbons (Fsp3) is 0.778. The highest BCUT2D eigenvalue weighted by Crippen LogP contribution is 2.25. The third-order valence-corrected chi connectivity index (χ3v) is 2.09. The Bertz CT molecular complexity index is 127. The summed E-state index contributed by atoms with van der Waals surface area (Å²) in [7, 11) is 0. The predicted molar refractivity (Wildman–Crippen MR) is 42.7 cm³/mol. The molecule has 0 saturated heterocycles. The van der Waals surface area contributed by atoms with Crippen LogP contribution < -0.4 is 0 Å². The third kappa shape index (κ3) is 1.53. The van der Waals surface area contributed by atoms with Crippen LogP contribution >= 0.6 is 0 Å². The summed E-state index contributed by atoms with van der Waals surface area (Å²) in [4.78, 5) is 0. The van der Waals surface area contributed by atoms with Crippen LogP contribution in [0.5, 0.6) is 0 Å². The van der Waals surface area contributed by atoms with Crippen LogP contribution in [0, 0.1) is 5.92 Å². The summed E-state index contributed by atoms with van der Waals surface area (Å²) in [6.45, 7) is 5.36. The second-order valence-electron chi connectivity index (χ2n) is 2.88. The second-order valence-corrected chi connectivity index (χ2v) is 2.88. The highest BCUT2D eigenvalue weighted by molar-refractivity contribution is 5.07. The molecule has 1 aliphatic heterocycles. The molecule has 1 unspecified atom stereocenters. The molecule has 0 fully saturated rings. The number of rotatable bonds is 3. The van der Waals surface area contributed by atoms with Crippen molar-refractivity contribution in [3.8, 4) is 0 Å². The average Bonchev–Trinajstić information content (AvgIpc) is 2.36. The number of hydrogen-bond acceptors (Lipinski definition) is 1. The molecule has 1 atom stereocenters. The highest BCUT2D eigenvalue weighted by atomic mass is 16.5. The van der Waals surface area contributed by atoms with Gasteiger partial charge in [-0.25, -0.2) is 0 Å². The zero-order valence-electron chi connectivity index (χ0n) is 6.89. The van der Waals surface area contributed by atoms with Crippen molar-refractivity contribution in [2.45, 2.75) is 33.1 Å². The molecule has 1 heterocycles. The van der Waals surface area contributed by atoms with Crippen LogP contribution in [0.1, 0.15) is 33.1 Å². The van der Waals surface area contributed by atoms with E-state index in [1.54, 1.807) is 0 Å². The molecule has 1 rings (SSSR count). The van der Waals surface area contributed by atoms with E-state index in [2.05, 4.69) is 13.8 Å². The molecule has 10 heavy (non-hydrogen) atoms. The fourth-order valence-corrected chi connectivity index (χ4v) is 1.41. The maximum Gasteiger partial charge on any atom is 0.0939 e. The minimum atomic E-state index is 0.722. The molecule has 1 nitrogen and oxygen atoms in total. The molecule has 0 bridgehead atoms. The molecule has 0 aromatic rings. The van der Waals surface area contributed by atoms with Crippen molar-refractivity contribution < 1.29 is 4.74 Å². The maximum atomic E-state index is 5.25. The van der Waals surface area contributed by atoms with Crippen LogP contribution in [0.4, 0.5) is 0 Å². The van der Waals surface area contributed by atoms with Gasteiger partial charge in [0.05, 0.1) is 12.9 Å². The molecule has 0 saturated carbocycles. The summed E-state index contributed by atoms with van der Waals surface area (Å²) < 4.78 is 5.25.